The van der Waals surface area contributed by atoms with Crippen molar-refractivity contribution in [2.75, 3.05) is 13.1 Å². The van der Waals surface area contributed by atoms with Gasteiger partial charge >= 0.3 is 0 Å². The summed E-state index contributed by atoms with van der Waals surface area (Å²) in [4.78, 5) is 4.11. The number of pyridine rings is 1. The lowest BCUT2D eigenvalue weighted by Gasteiger charge is -2.14. The number of hydrogen-bond acceptors (Lipinski definition) is 3. The summed E-state index contributed by atoms with van der Waals surface area (Å²) in [5.41, 5.74) is 6.09. The second-order valence-electron chi connectivity index (χ2n) is 5.75. The zero-order valence-corrected chi connectivity index (χ0v) is 13.1. The van der Waals surface area contributed by atoms with Gasteiger partial charge in [0.05, 0.1) is 5.69 Å². The Bertz CT molecular complexity index is 866. The Balaban J connectivity index is 1.90. The molecule has 1 aliphatic heterocycles. The molecule has 0 saturated carbocycles. The van der Waals surface area contributed by atoms with Gasteiger partial charge in [-0.15, -0.1) is 0 Å². The number of nitrogens with zero attached hydrogens (tertiary/aromatic N) is 2. The highest BCUT2D eigenvalue weighted by Crippen LogP contribution is 2.37. The molecule has 1 aromatic carbocycles. The number of aromatic amines is 1. The van der Waals surface area contributed by atoms with Gasteiger partial charge in [0.25, 0.3) is 0 Å². The van der Waals surface area contributed by atoms with Crippen LogP contribution < -0.4 is 5.32 Å². The van der Waals surface area contributed by atoms with Crippen LogP contribution in [0.1, 0.15) is 12.1 Å². The van der Waals surface area contributed by atoms with Gasteiger partial charge in [0.2, 0.25) is 0 Å². The van der Waals surface area contributed by atoms with Gasteiger partial charge in [0.1, 0.15) is 11.5 Å². The molecule has 2 N–H and O–H groups in total. The summed E-state index contributed by atoms with van der Waals surface area (Å²) in [6.07, 6.45) is 6.69. The maximum absolute atomic E-state index is 13.3. The topological polar surface area (TPSA) is 53.6 Å². The first-order valence-corrected chi connectivity index (χ1v) is 7.98. The summed E-state index contributed by atoms with van der Waals surface area (Å²) in [6, 6.07) is 10.4. The van der Waals surface area contributed by atoms with Crippen molar-refractivity contribution in [3.8, 4) is 22.4 Å². The van der Waals surface area contributed by atoms with E-state index in [1.807, 2.05) is 12.1 Å². The molecule has 3 heterocycles. The third-order valence-corrected chi connectivity index (χ3v) is 4.24. The van der Waals surface area contributed by atoms with Gasteiger partial charge in [0.15, 0.2) is 0 Å². The lowest BCUT2D eigenvalue weighted by Crippen LogP contribution is -2.20. The van der Waals surface area contributed by atoms with Crippen LogP contribution in [0.2, 0.25) is 0 Å². The van der Waals surface area contributed by atoms with Gasteiger partial charge in [-0.3, -0.25) is 10.1 Å². The third kappa shape index (κ3) is 2.74. The van der Waals surface area contributed by atoms with Crippen molar-refractivity contribution in [3.63, 3.8) is 0 Å². The number of aromatic nitrogens is 3. The molecular weight excluding hydrogens is 303 g/mol. The highest BCUT2D eigenvalue weighted by molar-refractivity contribution is 5.89. The molecular formula is C19H17FN4. The Hall–Kier alpha value is -2.79. The number of nitrogens with one attached hydrogen (secondary N) is 2. The Kier molecular flexibility index (Phi) is 3.92. The number of benzene rings is 1. The molecule has 0 amide bonds. The van der Waals surface area contributed by atoms with Crippen LogP contribution in [0, 0.1) is 5.82 Å². The molecule has 0 spiro atoms. The maximum Gasteiger partial charge on any atom is 0.123 e. The average Bonchev–Trinajstić information content (AvgIpc) is 3.09. The van der Waals surface area contributed by atoms with Crippen molar-refractivity contribution in [2.24, 2.45) is 0 Å². The molecule has 1 aliphatic rings. The summed E-state index contributed by atoms with van der Waals surface area (Å²) in [5, 5.41) is 11.1. The van der Waals surface area contributed by atoms with E-state index in [1.165, 1.54) is 17.7 Å². The maximum atomic E-state index is 13.3. The van der Waals surface area contributed by atoms with Crippen LogP contribution in [-0.2, 0) is 0 Å². The second-order valence-corrected chi connectivity index (χ2v) is 5.75. The summed E-state index contributed by atoms with van der Waals surface area (Å²) in [7, 11) is 0. The molecule has 4 rings (SSSR count). The number of rotatable bonds is 3. The summed E-state index contributed by atoms with van der Waals surface area (Å²) < 4.78 is 13.3. The smallest absolute Gasteiger partial charge is 0.123 e. The first-order valence-electron chi connectivity index (χ1n) is 7.98. The van der Waals surface area contributed by atoms with Crippen LogP contribution >= 0.6 is 0 Å². The summed E-state index contributed by atoms with van der Waals surface area (Å²) in [6.45, 7) is 1.81. The predicted molar refractivity (Wildman–Crippen MR) is 92.7 cm³/mol. The Morgan fingerprint density at radius 3 is 2.46 bits per heavy atom. The van der Waals surface area contributed by atoms with Crippen molar-refractivity contribution in [1.82, 2.24) is 20.5 Å². The van der Waals surface area contributed by atoms with E-state index in [9.17, 15) is 4.39 Å². The molecule has 5 heteroatoms. The fraction of sp³-hybridized carbons (Fsp3) is 0.158. The van der Waals surface area contributed by atoms with Crippen LogP contribution in [0.5, 0.6) is 0 Å². The third-order valence-electron chi connectivity index (χ3n) is 4.24. The van der Waals surface area contributed by atoms with E-state index < -0.39 is 0 Å². The number of halogens is 1. The lowest BCUT2D eigenvalue weighted by atomic mass is 9.94. The van der Waals surface area contributed by atoms with E-state index in [0.717, 1.165) is 47.6 Å². The van der Waals surface area contributed by atoms with E-state index >= 15 is 0 Å². The van der Waals surface area contributed by atoms with Crippen LogP contribution in [0.15, 0.2) is 54.9 Å². The fourth-order valence-corrected chi connectivity index (χ4v) is 3.04. The molecule has 4 nitrogen and oxygen atoms in total. The molecule has 3 aromatic rings. The largest absolute Gasteiger partial charge is 0.313 e. The highest BCUT2D eigenvalue weighted by atomic mass is 19.1. The quantitative estimate of drug-likeness (QED) is 0.774. The van der Waals surface area contributed by atoms with Gasteiger partial charge in [-0.05, 0) is 60.5 Å². The zero-order chi connectivity index (χ0) is 16.4. The van der Waals surface area contributed by atoms with Crippen LogP contribution in [0.25, 0.3) is 28.0 Å². The molecule has 0 unspecified atom stereocenters. The minimum absolute atomic E-state index is 0.249. The first kappa shape index (κ1) is 14.8. The van der Waals surface area contributed by atoms with Gasteiger partial charge in [-0.2, -0.15) is 5.10 Å². The monoisotopic (exact) mass is 320 g/mol. The molecule has 120 valence electrons. The highest BCUT2D eigenvalue weighted by Gasteiger charge is 2.20. The van der Waals surface area contributed by atoms with Crippen molar-refractivity contribution in [1.29, 1.82) is 0 Å². The molecule has 24 heavy (non-hydrogen) atoms. The zero-order valence-electron chi connectivity index (χ0n) is 13.1. The van der Waals surface area contributed by atoms with Crippen LogP contribution in [0.4, 0.5) is 4.39 Å². The van der Waals surface area contributed by atoms with E-state index in [-0.39, 0.29) is 5.82 Å². The van der Waals surface area contributed by atoms with Gasteiger partial charge in [-0.25, -0.2) is 4.39 Å². The SMILES string of the molecule is Fc1ccc(-c2n[nH]c(C3=CCNCC3)c2-c2ccncc2)cc1. The minimum atomic E-state index is -0.249. The molecule has 2 aromatic heterocycles. The molecule has 0 aliphatic carbocycles. The van der Waals surface area contributed by atoms with Crippen LogP contribution in [0.3, 0.4) is 0 Å². The van der Waals surface area contributed by atoms with Gasteiger partial charge in [-0.1, -0.05) is 6.08 Å². The van der Waals surface area contributed by atoms with Crippen LogP contribution in [-0.4, -0.2) is 28.3 Å². The van der Waals surface area contributed by atoms with Crippen molar-refractivity contribution in [3.05, 3.63) is 66.4 Å². The van der Waals surface area contributed by atoms with E-state index in [4.69, 9.17) is 0 Å². The normalized spacial score (nSPS) is 14.5. The first-order chi connectivity index (χ1) is 11.8. The molecule has 0 saturated heterocycles. The standard InChI is InChI=1S/C19H17FN4/c20-16-3-1-14(2-4-16)18-17(13-5-9-21-10-6-13)19(24-23-18)15-7-11-22-12-8-15/h1-7,9-10,22H,8,11-12H2,(H,23,24). The van der Waals surface area contributed by atoms with Gasteiger partial charge < -0.3 is 5.32 Å². The van der Waals surface area contributed by atoms with E-state index in [1.54, 1.807) is 24.5 Å². The van der Waals surface area contributed by atoms with E-state index in [2.05, 4.69) is 26.6 Å². The molecule has 0 atom stereocenters. The Labute approximate surface area is 139 Å². The number of H-pyrrole nitrogens is 1. The van der Waals surface area contributed by atoms with Crippen molar-refractivity contribution >= 4 is 5.57 Å². The summed E-state index contributed by atoms with van der Waals surface area (Å²) in [5.74, 6) is -0.249. The lowest BCUT2D eigenvalue weighted by molar-refractivity contribution is 0.628. The van der Waals surface area contributed by atoms with Crippen molar-refractivity contribution < 1.29 is 4.39 Å². The minimum Gasteiger partial charge on any atom is -0.313 e. The van der Waals surface area contributed by atoms with Crippen molar-refractivity contribution in [2.45, 2.75) is 6.42 Å². The Morgan fingerprint density at radius 2 is 1.75 bits per heavy atom. The van der Waals surface area contributed by atoms with Gasteiger partial charge in [0, 0.05) is 30.1 Å². The summed E-state index contributed by atoms with van der Waals surface area (Å²) >= 11 is 0. The fourth-order valence-electron chi connectivity index (χ4n) is 3.04. The average molecular weight is 320 g/mol. The molecule has 0 fully saturated rings. The Morgan fingerprint density at radius 1 is 0.958 bits per heavy atom. The molecule has 0 radical (unpaired) electrons. The second kappa shape index (κ2) is 6.37. The predicted octanol–water partition coefficient (Wildman–Crippen LogP) is 3.65. The van der Waals surface area contributed by atoms with E-state index in [0.29, 0.717) is 0 Å². The number of hydrogen-bond donors (Lipinski definition) is 2. The molecule has 0 bridgehead atoms.